The van der Waals surface area contributed by atoms with Crippen LogP contribution in [0.1, 0.15) is 17.2 Å². The number of hydrogen-bond acceptors (Lipinski definition) is 1. The molecule has 1 atom stereocenters. The van der Waals surface area contributed by atoms with E-state index >= 15 is 0 Å². The van der Waals surface area contributed by atoms with Gasteiger partial charge in [-0.05, 0) is 23.8 Å². The standard InChI is InChI=1S/C13H8Br2F3N/c14-6-1-2-7(9(15)3-6)13(19)8-4-11(17)12(18)5-10(8)16/h1-5,13H,19H2. The van der Waals surface area contributed by atoms with E-state index in [4.69, 9.17) is 5.73 Å². The molecule has 6 heteroatoms. The third-order valence-corrected chi connectivity index (χ3v) is 3.85. The Labute approximate surface area is 124 Å². The fourth-order valence-corrected chi connectivity index (χ4v) is 2.99. The summed E-state index contributed by atoms with van der Waals surface area (Å²) in [6, 6.07) is 5.54. The zero-order valence-electron chi connectivity index (χ0n) is 9.43. The first kappa shape index (κ1) is 14.6. The van der Waals surface area contributed by atoms with E-state index < -0.39 is 23.5 Å². The van der Waals surface area contributed by atoms with Gasteiger partial charge >= 0.3 is 0 Å². The second kappa shape index (κ2) is 5.64. The first-order valence-electron chi connectivity index (χ1n) is 5.25. The minimum absolute atomic E-state index is 0.0954. The fraction of sp³-hybridized carbons (Fsp3) is 0.0769. The number of benzene rings is 2. The molecule has 0 amide bonds. The molecule has 0 aliphatic carbocycles. The van der Waals surface area contributed by atoms with Gasteiger partial charge in [0.2, 0.25) is 0 Å². The van der Waals surface area contributed by atoms with Crippen LogP contribution in [0.25, 0.3) is 0 Å². The van der Waals surface area contributed by atoms with E-state index in [1.807, 2.05) is 0 Å². The van der Waals surface area contributed by atoms with Gasteiger partial charge in [0.1, 0.15) is 5.82 Å². The van der Waals surface area contributed by atoms with Crippen LogP contribution in [0.15, 0.2) is 39.3 Å². The van der Waals surface area contributed by atoms with Crippen LogP contribution in [0.4, 0.5) is 13.2 Å². The number of nitrogens with two attached hydrogens (primary N) is 1. The first-order chi connectivity index (χ1) is 8.90. The molecule has 0 heterocycles. The molecule has 100 valence electrons. The second-order valence-electron chi connectivity index (χ2n) is 3.93. The summed E-state index contributed by atoms with van der Waals surface area (Å²) >= 11 is 6.59. The van der Waals surface area contributed by atoms with Crippen molar-refractivity contribution in [3.05, 3.63) is 67.9 Å². The van der Waals surface area contributed by atoms with Gasteiger partial charge < -0.3 is 5.73 Å². The molecule has 2 aromatic rings. The van der Waals surface area contributed by atoms with Crippen LogP contribution in [-0.2, 0) is 0 Å². The minimum atomic E-state index is -1.23. The molecule has 19 heavy (non-hydrogen) atoms. The molecule has 0 aliphatic rings. The molecule has 0 saturated carbocycles. The van der Waals surface area contributed by atoms with Gasteiger partial charge in [0.05, 0.1) is 6.04 Å². The van der Waals surface area contributed by atoms with Crippen LogP contribution < -0.4 is 5.73 Å². The van der Waals surface area contributed by atoms with Crippen molar-refractivity contribution in [1.29, 1.82) is 0 Å². The smallest absolute Gasteiger partial charge is 0.161 e. The minimum Gasteiger partial charge on any atom is -0.320 e. The normalized spacial score (nSPS) is 12.5. The van der Waals surface area contributed by atoms with E-state index in [2.05, 4.69) is 31.9 Å². The quantitative estimate of drug-likeness (QED) is 0.735. The average Bonchev–Trinajstić information content (AvgIpc) is 2.33. The molecular formula is C13H8Br2F3N. The molecule has 0 bridgehead atoms. The zero-order valence-corrected chi connectivity index (χ0v) is 12.6. The molecule has 1 unspecified atom stereocenters. The lowest BCUT2D eigenvalue weighted by Crippen LogP contribution is -2.15. The lowest BCUT2D eigenvalue weighted by atomic mass is 9.99. The van der Waals surface area contributed by atoms with Crippen LogP contribution in [0.3, 0.4) is 0 Å². The molecule has 1 nitrogen and oxygen atoms in total. The number of rotatable bonds is 2. The summed E-state index contributed by atoms with van der Waals surface area (Å²) in [5.74, 6) is -3.23. The summed E-state index contributed by atoms with van der Waals surface area (Å²) in [7, 11) is 0. The van der Waals surface area contributed by atoms with Crippen molar-refractivity contribution in [3.8, 4) is 0 Å². The van der Waals surface area contributed by atoms with Crippen LogP contribution in [0.2, 0.25) is 0 Å². The van der Waals surface area contributed by atoms with Crippen molar-refractivity contribution in [2.24, 2.45) is 5.73 Å². The first-order valence-corrected chi connectivity index (χ1v) is 6.83. The molecule has 0 aliphatic heterocycles. The molecule has 2 rings (SSSR count). The Morgan fingerprint density at radius 1 is 0.842 bits per heavy atom. The van der Waals surface area contributed by atoms with Crippen LogP contribution in [-0.4, -0.2) is 0 Å². The van der Waals surface area contributed by atoms with E-state index in [0.717, 1.165) is 10.5 Å². The Morgan fingerprint density at radius 3 is 2.11 bits per heavy atom. The SMILES string of the molecule is NC(c1cc(F)c(F)cc1F)c1ccc(Br)cc1Br. The Balaban J connectivity index is 2.49. The fourth-order valence-electron chi connectivity index (χ4n) is 1.70. The molecule has 0 radical (unpaired) electrons. The average molecular weight is 395 g/mol. The van der Waals surface area contributed by atoms with Gasteiger partial charge in [-0.25, -0.2) is 13.2 Å². The number of hydrogen-bond donors (Lipinski definition) is 1. The Hall–Kier alpha value is -0.850. The summed E-state index contributed by atoms with van der Waals surface area (Å²) in [6.07, 6.45) is 0. The van der Waals surface area contributed by atoms with Gasteiger partial charge in [-0.1, -0.05) is 37.9 Å². The lowest BCUT2D eigenvalue weighted by molar-refractivity contribution is 0.487. The van der Waals surface area contributed by atoms with Gasteiger partial charge in [0, 0.05) is 20.6 Å². The highest BCUT2D eigenvalue weighted by molar-refractivity contribution is 9.11. The monoisotopic (exact) mass is 393 g/mol. The maximum Gasteiger partial charge on any atom is 0.161 e. The Kier molecular flexibility index (Phi) is 4.32. The summed E-state index contributed by atoms with van der Waals surface area (Å²) in [6.45, 7) is 0. The molecule has 2 aromatic carbocycles. The van der Waals surface area contributed by atoms with Crippen molar-refractivity contribution in [1.82, 2.24) is 0 Å². The molecule has 0 spiro atoms. The summed E-state index contributed by atoms with van der Waals surface area (Å²) < 4.78 is 41.2. The molecular weight excluding hydrogens is 387 g/mol. The van der Waals surface area contributed by atoms with Crippen LogP contribution in [0, 0.1) is 17.5 Å². The van der Waals surface area contributed by atoms with Gasteiger partial charge in [-0.15, -0.1) is 0 Å². The van der Waals surface area contributed by atoms with Gasteiger partial charge in [0.25, 0.3) is 0 Å². The highest BCUT2D eigenvalue weighted by atomic mass is 79.9. The molecule has 0 aromatic heterocycles. The van der Waals surface area contributed by atoms with Crippen molar-refractivity contribution in [2.75, 3.05) is 0 Å². The third-order valence-electron chi connectivity index (χ3n) is 2.67. The maximum absolute atomic E-state index is 13.7. The van der Waals surface area contributed by atoms with E-state index in [0.29, 0.717) is 16.1 Å². The van der Waals surface area contributed by atoms with Gasteiger partial charge in [-0.3, -0.25) is 0 Å². The zero-order chi connectivity index (χ0) is 14.2. The number of halogens is 5. The van der Waals surface area contributed by atoms with Crippen LogP contribution >= 0.6 is 31.9 Å². The largest absolute Gasteiger partial charge is 0.320 e. The topological polar surface area (TPSA) is 26.0 Å². The molecule has 0 saturated heterocycles. The lowest BCUT2D eigenvalue weighted by Gasteiger charge is -2.15. The second-order valence-corrected chi connectivity index (χ2v) is 5.70. The summed E-state index contributed by atoms with van der Waals surface area (Å²) in [4.78, 5) is 0. The van der Waals surface area contributed by atoms with E-state index in [-0.39, 0.29) is 5.56 Å². The van der Waals surface area contributed by atoms with E-state index in [1.54, 1.807) is 18.2 Å². The van der Waals surface area contributed by atoms with Gasteiger partial charge in [0.15, 0.2) is 11.6 Å². The van der Waals surface area contributed by atoms with E-state index in [1.165, 1.54) is 0 Å². The van der Waals surface area contributed by atoms with Crippen molar-refractivity contribution in [2.45, 2.75) is 6.04 Å². The molecule has 0 fully saturated rings. The van der Waals surface area contributed by atoms with E-state index in [9.17, 15) is 13.2 Å². The predicted molar refractivity (Wildman–Crippen MR) is 74.2 cm³/mol. The Morgan fingerprint density at radius 2 is 1.47 bits per heavy atom. The Bertz CT molecular complexity index is 632. The maximum atomic E-state index is 13.7. The van der Waals surface area contributed by atoms with Crippen LogP contribution in [0.5, 0.6) is 0 Å². The van der Waals surface area contributed by atoms with Crippen molar-refractivity contribution >= 4 is 31.9 Å². The highest BCUT2D eigenvalue weighted by Gasteiger charge is 2.19. The highest BCUT2D eigenvalue weighted by Crippen LogP contribution is 2.31. The van der Waals surface area contributed by atoms with Crippen molar-refractivity contribution in [3.63, 3.8) is 0 Å². The van der Waals surface area contributed by atoms with Gasteiger partial charge in [-0.2, -0.15) is 0 Å². The summed E-state index contributed by atoms with van der Waals surface area (Å²) in [5.41, 5.74) is 6.39. The summed E-state index contributed by atoms with van der Waals surface area (Å²) in [5, 5.41) is 0. The predicted octanol–water partition coefficient (Wildman–Crippen LogP) is 4.68. The third kappa shape index (κ3) is 3.01. The molecule has 2 N–H and O–H groups in total. The van der Waals surface area contributed by atoms with Crippen molar-refractivity contribution < 1.29 is 13.2 Å².